The second kappa shape index (κ2) is 35.6. The molecule has 4 atom stereocenters. The van der Waals surface area contributed by atoms with Gasteiger partial charge in [-0.25, -0.2) is 19.2 Å². The molecule has 4 aliphatic rings. The Kier molecular flexibility index (Phi) is 24.3. The number of anilines is 2. The molecule has 26 heteroatoms. The molecule has 14 aromatic rings. The third-order valence-electron chi connectivity index (χ3n) is 21.1. The summed E-state index contributed by atoms with van der Waals surface area (Å²) in [7, 11) is 0. The van der Waals surface area contributed by atoms with E-state index in [1.165, 1.54) is 26.0 Å². The summed E-state index contributed by atoms with van der Waals surface area (Å²) in [5, 5.41) is 28.2. The van der Waals surface area contributed by atoms with Crippen molar-refractivity contribution < 1.29 is 46.8 Å². The second-order valence-corrected chi connectivity index (χ2v) is 31.3. The van der Waals surface area contributed by atoms with Crippen molar-refractivity contribution >= 4 is 98.1 Å². The smallest absolute Gasteiger partial charge is 0.187 e. The number of aromatic nitrogens is 6. The van der Waals surface area contributed by atoms with Gasteiger partial charge in [-0.3, -0.25) is 39.1 Å². The number of ketones is 4. The minimum Gasteiger partial charge on any atom is -0.392 e. The number of halogens is 4. The summed E-state index contributed by atoms with van der Waals surface area (Å²) in [5.74, 6) is 2.96. The molecule has 5 N–H and O–H groups in total. The number of aliphatic hydroxyl groups excluding tert-OH is 1. The Labute approximate surface area is 715 Å². The van der Waals surface area contributed by atoms with E-state index < -0.39 is 24.2 Å². The first kappa shape index (κ1) is 83.2. The van der Waals surface area contributed by atoms with Crippen LogP contribution in [0, 0.1) is 40.1 Å². The van der Waals surface area contributed by atoms with Crippen molar-refractivity contribution in [3.05, 3.63) is 335 Å². The molecule has 22 nitrogen and oxygen atoms in total. The second-order valence-electron chi connectivity index (χ2n) is 30.0. The van der Waals surface area contributed by atoms with E-state index in [2.05, 4.69) is 41.5 Å². The zero-order valence-corrected chi connectivity index (χ0v) is 69.5. The number of benzene rings is 8. The number of nitrogens with two attached hydrogens (primary N) is 2. The maximum Gasteiger partial charge on any atom is 0.187 e. The van der Waals surface area contributed by atoms with Crippen LogP contribution in [0.15, 0.2) is 245 Å². The highest BCUT2D eigenvalue weighted by molar-refractivity contribution is 6.32. The fraction of sp³-hybridized carbons (Fsp3) is 0.177. The molecule has 0 fully saturated rings. The van der Waals surface area contributed by atoms with Crippen LogP contribution in [-0.2, 0) is 25.8 Å². The van der Waals surface area contributed by atoms with Crippen molar-refractivity contribution in [1.29, 1.82) is 0 Å². The van der Waals surface area contributed by atoms with E-state index in [1.807, 2.05) is 161 Å². The first-order valence-electron chi connectivity index (χ1n) is 38.9. The fourth-order valence-corrected chi connectivity index (χ4v) is 15.8. The predicted molar refractivity (Wildman–Crippen MR) is 470 cm³/mol. The lowest BCUT2D eigenvalue weighted by Gasteiger charge is -2.13. The molecular weight excluding hydrogens is 1600 g/mol. The quantitative estimate of drug-likeness (QED) is 0.0803. The molecule has 0 unspecified atom stereocenters. The van der Waals surface area contributed by atoms with E-state index in [9.17, 15) is 28.7 Å². The molecule has 0 radical (unpaired) electrons. The molecule has 18 rings (SSSR count). The number of aryl methyl sites for hydroxylation is 4. The molecule has 10 heterocycles. The van der Waals surface area contributed by atoms with E-state index in [0.29, 0.717) is 66.9 Å². The van der Waals surface area contributed by atoms with Gasteiger partial charge in [-0.1, -0.05) is 140 Å². The number of aliphatic hydroxyl groups is 1. The van der Waals surface area contributed by atoms with Crippen LogP contribution in [0.25, 0.3) is 71.6 Å². The molecule has 0 bridgehead atoms. The van der Waals surface area contributed by atoms with Crippen LogP contribution in [0.5, 0.6) is 0 Å². The van der Waals surface area contributed by atoms with Crippen molar-refractivity contribution in [2.24, 2.45) is 20.0 Å². The summed E-state index contributed by atoms with van der Waals surface area (Å²) in [6, 6.07) is 57.4. The van der Waals surface area contributed by atoms with Crippen molar-refractivity contribution in [1.82, 2.24) is 30.6 Å². The molecule has 0 spiro atoms. The Morgan fingerprint density at radius 3 is 0.951 bits per heavy atom. The highest BCUT2D eigenvalue weighted by Crippen LogP contribution is 2.48. The Hall–Kier alpha value is -13.9. The number of nitrogen functional groups attached to an aromatic ring is 2. The Morgan fingerprint density at radius 1 is 0.377 bits per heavy atom. The number of carbonyl (C=O) groups excluding carboxylic acids is 4. The first-order chi connectivity index (χ1) is 58.8. The van der Waals surface area contributed by atoms with E-state index in [0.717, 1.165) is 151 Å². The lowest BCUT2D eigenvalue weighted by atomic mass is 9.90. The van der Waals surface area contributed by atoms with Gasteiger partial charge in [0.05, 0.1) is 81.1 Å². The van der Waals surface area contributed by atoms with Crippen molar-refractivity contribution in [3.63, 3.8) is 0 Å². The standard InChI is InChI=1S/C26H21ClN4O2.C26H21FN4O2.C22H16ClN3O2.C22H19ClN2O3/c2*1-14(32)11-22-26-24(15(2)31-33-26)20-9-5-17(18-6-10-23(28)29-13-18)12-21(20)25(30-22)16-3-7-19(27)8-4-16;1-12(27)10-19-22-20(13(2)26-28-22)17-9-8-16(24-3)11-18(17)21(25-19)14-4-6-15(23)7-5-14;1-12(27)9-19-22-20(13(2)25-28-22)17-8-3-14(11-26)10-18(17)21(24-19)15-4-6-16(23)7-5-15/h2*3-10,12-13,22H,11H2,1-2H3,(H2,28,29);4-9,11,19H,10H2,1-2H3;3-8,10,19,26H,9,11H2,1-2H3/t2*22-;2*19-/m0000/s1. The number of aliphatic imine (C=N–C) groups is 4. The van der Waals surface area contributed by atoms with Crippen LogP contribution >= 0.6 is 34.8 Å². The number of Topliss-reactive ketones (excluding diaryl/α,β-unsaturated/α-hetero) is 4. The minimum atomic E-state index is -0.534. The predicted octanol–water partition coefficient (Wildman–Crippen LogP) is 21.5. The fourth-order valence-electron chi connectivity index (χ4n) is 15.4. The van der Waals surface area contributed by atoms with Gasteiger partial charge in [0.1, 0.15) is 64.8 Å². The average Bonchev–Trinajstić information content (AvgIpc) is 1.54. The molecule has 0 amide bonds. The number of pyridine rings is 2. The average molecular weight is 1680 g/mol. The lowest BCUT2D eigenvalue weighted by Crippen LogP contribution is -2.08. The highest BCUT2D eigenvalue weighted by atomic mass is 35.5. The molecule has 6 aromatic heterocycles. The van der Waals surface area contributed by atoms with Crippen molar-refractivity contribution in [3.8, 4) is 66.8 Å². The summed E-state index contributed by atoms with van der Waals surface area (Å²) >= 11 is 18.3. The molecule has 4 aliphatic heterocycles. The zero-order valence-electron chi connectivity index (χ0n) is 67.3. The number of nitrogens with zero attached hydrogens (tertiary/aromatic N) is 11. The summed E-state index contributed by atoms with van der Waals surface area (Å²) in [6.07, 6.45) is 4.30. The molecule has 122 heavy (non-hydrogen) atoms. The van der Waals surface area contributed by atoms with Crippen LogP contribution in [0.1, 0.15) is 173 Å². The van der Waals surface area contributed by atoms with E-state index in [4.69, 9.17) is 90.9 Å². The number of hydrogen-bond acceptors (Lipinski definition) is 21. The third-order valence-corrected chi connectivity index (χ3v) is 21.8. The van der Waals surface area contributed by atoms with Gasteiger partial charge in [-0.2, -0.15) is 0 Å². The van der Waals surface area contributed by atoms with Crippen LogP contribution in [0.3, 0.4) is 0 Å². The SMILES string of the molecule is CC(=O)C[C@@H]1N=C(c2ccc(Cl)cc2)c2cc(-c3ccc(N)nc3)ccc2-c2c(C)noc21.CC(=O)C[C@@H]1N=C(c2ccc(Cl)cc2)c2cc(CO)ccc2-c2c(C)noc21.CC(=O)C[C@@H]1N=C(c2ccc(F)cc2)c2cc(-c3ccc(N)nc3)ccc2-c2c(C)noc21.[C-]#[N+]c1ccc2c(c1)C(c1ccc(Cl)cc1)=N[C@@H](CC(C)=O)c1onc(C)c1-2. The van der Waals surface area contributed by atoms with Crippen molar-refractivity contribution in [2.75, 3.05) is 11.5 Å². The number of hydrogen-bond donors (Lipinski definition) is 3. The van der Waals surface area contributed by atoms with Gasteiger partial charge in [-0.05, 0) is 209 Å². The third kappa shape index (κ3) is 17.6. The highest BCUT2D eigenvalue weighted by Gasteiger charge is 2.37. The summed E-state index contributed by atoms with van der Waals surface area (Å²) in [4.78, 5) is 79.8. The van der Waals surface area contributed by atoms with Crippen LogP contribution in [0.2, 0.25) is 15.1 Å². The largest absolute Gasteiger partial charge is 0.392 e. The van der Waals surface area contributed by atoms with Gasteiger partial charge < -0.3 is 34.7 Å². The van der Waals surface area contributed by atoms with E-state index in [-0.39, 0.29) is 61.2 Å². The van der Waals surface area contributed by atoms with Gasteiger partial charge in [0.25, 0.3) is 0 Å². The van der Waals surface area contributed by atoms with Gasteiger partial charge >= 0.3 is 0 Å². The number of fused-ring (bicyclic) bond motifs is 12. The van der Waals surface area contributed by atoms with Crippen LogP contribution in [-0.4, -0.2) is 81.7 Å². The minimum absolute atomic E-state index is 0.0111. The molecule has 0 saturated heterocycles. The summed E-state index contributed by atoms with van der Waals surface area (Å²) < 4.78 is 36.3. The van der Waals surface area contributed by atoms with Crippen LogP contribution in [0.4, 0.5) is 21.7 Å². The van der Waals surface area contributed by atoms with E-state index in [1.54, 1.807) is 68.7 Å². The Balaban J connectivity index is 0.000000127. The normalized spacial score (nSPS) is 15.0. The van der Waals surface area contributed by atoms with Crippen molar-refractivity contribution in [2.45, 2.75) is 112 Å². The Bertz CT molecular complexity index is 6390. The maximum atomic E-state index is 13.7. The van der Waals surface area contributed by atoms with E-state index >= 15 is 0 Å². The lowest BCUT2D eigenvalue weighted by molar-refractivity contribution is -0.118. The first-order valence-corrected chi connectivity index (χ1v) is 40.1. The van der Waals surface area contributed by atoms with Gasteiger partial charge in [0.15, 0.2) is 28.7 Å². The summed E-state index contributed by atoms with van der Waals surface area (Å²) in [6.45, 7) is 21.0. The number of rotatable bonds is 15. The molecule has 8 aromatic carbocycles. The number of carbonyl (C=O) groups is 4. The van der Waals surface area contributed by atoms with Crippen LogP contribution < -0.4 is 11.5 Å². The monoisotopic (exact) mass is 1680 g/mol. The zero-order chi connectivity index (χ0) is 85.9. The molecule has 0 saturated carbocycles. The van der Waals surface area contributed by atoms with Gasteiger partial charge in [0.2, 0.25) is 0 Å². The topological polar surface area (TPSA) is 324 Å². The van der Waals surface area contributed by atoms with Gasteiger partial charge in [-0.15, -0.1) is 0 Å². The Morgan fingerprint density at radius 2 is 0.656 bits per heavy atom. The van der Waals surface area contributed by atoms with Gasteiger partial charge in [0, 0.05) is 103 Å². The molecule has 608 valence electrons. The molecule has 0 aliphatic carbocycles. The maximum absolute atomic E-state index is 13.7. The molecular formula is C96H77Cl3FN13O9. The summed E-state index contributed by atoms with van der Waals surface area (Å²) in [5.41, 5.74) is 36.3.